The van der Waals surface area contributed by atoms with Crippen molar-refractivity contribution >= 4 is 16.9 Å². The quantitative estimate of drug-likeness (QED) is 0.233. The minimum atomic E-state index is -1.75. The predicted octanol–water partition coefficient (Wildman–Crippen LogP) is 2.37. The second-order valence-corrected chi connectivity index (χ2v) is 9.79. The zero-order valence-corrected chi connectivity index (χ0v) is 22.6. The molecule has 4 rings (SSSR count). The smallest absolute Gasteiger partial charge is 0.252 e. The first-order valence-electron chi connectivity index (χ1n) is 13.2. The summed E-state index contributed by atoms with van der Waals surface area (Å²) in [7, 11) is 1.54. The molecule has 11 heteroatoms. The van der Waals surface area contributed by atoms with Crippen LogP contribution in [0.3, 0.4) is 0 Å². The molecule has 5 unspecified atom stereocenters. The van der Waals surface area contributed by atoms with Crippen molar-refractivity contribution in [3.05, 3.63) is 52.2 Å². The molecule has 216 valence electrons. The maximum atomic E-state index is 12.9. The molecule has 0 spiro atoms. The van der Waals surface area contributed by atoms with Gasteiger partial charge in [-0.2, -0.15) is 0 Å². The van der Waals surface area contributed by atoms with Crippen molar-refractivity contribution < 1.29 is 43.8 Å². The first-order valence-corrected chi connectivity index (χ1v) is 13.2. The summed E-state index contributed by atoms with van der Waals surface area (Å²) in [5.74, 6) is -0.215. The van der Waals surface area contributed by atoms with E-state index in [9.17, 15) is 30.0 Å². The Morgan fingerprint density at radius 1 is 1.02 bits per heavy atom. The third-order valence-electron chi connectivity index (χ3n) is 6.97. The van der Waals surface area contributed by atoms with Crippen LogP contribution in [0.15, 0.2) is 45.6 Å². The number of carbonyl (C=O) groups is 1. The van der Waals surface area contributed by atoms with Crippen LogP contribution < -0.4 is 20.2 Å². The van der Waals surface area contributed by atoms with Gasteiger partial charge in [-0.05, 0) is 37.6 Å². The van der Waals surface area contributed by atoms with Crippen LogP contribution in [-0.4, -0.2) is 70.7 Å². The van der Waals surface area contributed by atoms with E-state index in [0.29, 0.717) is 17.9 Å². The minimum Gasteiger partial charge on any atom is -0.507 e. The second kappa shape index (κ2) is 12.7. The van der Waals surface area contributed by atoms with E-state index < -0.39 is 47.8 Å². The number of benzene rings is 2. The van der Waals surface area contributed by atoms with Crippen LogP contribution >= 0.6 is 0 Å². The number of aliphatic hydroxyl groups is 3. The molecule has 1 fully saturated rings. The highest BCUT2D eigenvalue weighted by Gasteiger charge is 2.48. The van der Waals surface area contributed by atoms with Crippen molar-refractivity contribution in [1.29, 1.82) is 0 Å². The summed E-state index contributed by atoms with van der Waals surface area (Å²) in [6.07, 6.45) is -4.52. The molecule has 3 aromatic rings. The van der Waals surface area contributed by atoms with Gasteiger partial charge in [0.25, 0.3) is 5.91 Å². The third-order valence-corrected chi connectivity index (χ3v) is 6.97. The molecule has 5 N–H and O–H groups in total. The molecule has 1 saturated heterocycles. The Kier molecular flexibility index (Phi) is 9.31. The van der Waals surface area contributed by atoms with Gasteiger partial charge in [0, 0.05) is 29.8 Å². The first kappa shape index (κ1) is 29.3. The largest absolute Gasteiger partial charge is 0.507 e. The van der Waals surface area contributed by atoms with Crippen molar-refractivity contribution in [2.45, 2.75) is 70.2 Å². The Morgan fingerprint density at radius 2 is 1.75 bits per heavy atom. The lowest BCUT2D eigenvalue weighted by molar-refractivity contribution is -0.266. The second-order valence-electron chi connectivity index (χ2n) is 9.79. The number of hydrogen-bond donors (Lipinski definition) is 5. The summed E-state index contributed by atoms with van der Waals surface area (Å²) in [4.78, 5) is 25.6. The Bertz CT molecular complexity index is 1390. The van der Waals surface area contributed by atoms with E-state index in [4.69, 9.17) is 18.6 Å². The molecule has 0 bridgehead atoms. The van der Waals surface area contributed by atoms with E-state index >= 15 is 0 Å². The summed E-state index contributed by atoms with van der Waals surface area (Å²) in [6.45, 7) is 3.92. The molecule has 2 aromatic carbocycles. The molecule has 2 heterocycles. The lowest BCUT2D eigenvalue weighted by atomic mass is 9.98. The fourth-order valence-corrected chi connectivity index (χ4v) is 4.55. The SMILES string of the molecule is CCCCCCNC(=O)C1OC(Oc2cc3oc(-c4ccc(OC)cc4)cc(=O)c3c(O)c2C)C(O)C(O)C1O. The Labute approximate surface area is 230 Å². The van der Waals surface area contributed by atoms with E-state index in [0.717, 1.165) is 25.7 Å². The van der Waals surface area contributed by atoms with Gasteiger partial charge >= 0.3 is 0 Å². The van der Waals surface area contributed by atoms with Crippen molar-refractivity contribution in [2.24, 2.45) is 0 Å². The molecule has 0 radical (unpaired) electrons. The number of phenolic OH excluding ortho intramolecular Hbond substituents is 1. The average molecular weight is 558 g/mol. The molecule has 0 saturated carbocycles. The first-order chi connectivity index (χ1) is 19.2. The number of carbonyl (C=O) groups excluding carboxylic acids is 1. The zero-order valence-electron chi connectivity index (χ0n) is 22.6. The van der Waals surface area contributed by atoms with Gasteiger partial charge in [-0.3, -0.25) is 9.59 Å². The summed E-state index contributed by atoms with van der Waals surface area (Å²) in [5, 5.41) is 44.8. The van der Waals surface area contributed by atoms with Gasteiger partial charge in [-0.15, -0.1) is 0 Å². The molecule has 40 heavy (non-hydrogen) atoms. The van der Waals surface area contributed by atoms with Crippen molar-refractivity contribution in [3.63, 3.8) is 0 Å². The maximum Gasteiger partial charge on any atom is 0.252 e. The average Bonchev–Trinajstić information content (AvgIpc) is 2.95. The van der Waals surface area contributed by atoms with E-state index in [2.05, 4.69) is 12.2 Å². The number of methoxy groups -OCH3 is 1. The standard InChI is InChI=1S/C29H35NO10/c1-4-5-6-7-12-30-28(36)27-25(34)24(33)26(35)29(40-27)39-19-14-21-22(23(32)15(19)2)18(31)13-20(38-21)16-8-10-17(37-3)11-9-16/h8-11,13-14,24-27,29,32-35H,4-7,12H2,1-3H3,(H,30,36). The lowest BCUT2D eigenvalue weighted by Gasteiger charge is -2.39. The van der Waals surface area contributed by atoms with Crippen molar-refractivity contribution in [2.75, 3.05) is 13.7 Å². The number of unbranched alkanes of at least 4 members (excludes halogenated alkanes) is 3. The Balaban J connectivity index is 1.60. The Hall–Kier alpha value is -3.64. The van der Waals surface area contributed by atoms with E-state index in [-0.39, 0.29) is 28.0 Å². The van der Waals surface area contributed by atoms with Crippen LogP contribution in [0.1, 0.15) is 38.2 Å². The molecule has 1 aromatic heterocycles. The highest BCUT2D eigenvalue weighted by atomic mass is 16.7. The van der Waals surface area contributed by atoms with Gasteiger partial charge in [0.15, 0.2) is 11.5 Å². The summed E-state index contributed by atoms with van der Waals surface area (Å²) in [6, 6.07) is 9.46. The number of fused-ring (bicyclic) bond motifs is 1. The molecule has 5 atom stereocenters. The fourth-order valence-electron chi connectivity index (χ4n) is 4.55. The third kappa shape index (κ3) is 6.07. The van der Waals surface area contributed by atoms with Crippen molar-refractivity contribution in [3.8, 4) is 28.6 Å². The van der Waals surface area contributed by atoms with Crippen LogP contribution in [0.25, 0.3) is 22.3 Å². The summed E-state index contributed by atoms with van der Waals surface area (Å²) in [5.41, 5.74) is 0.255. The van der Waals surface area contributed by atoms with E-state index in [1.54, 1.807) is 24.3 Å². The summed E-state index contributed by atoms with van der Waals surface area (Å²) < 4.78 is 22.5. The normalized spacial score (nSPS) is 22.7. The molecule has 1 amide bonds. The van der Waals surface area contributed by atoms with Gasteiger partial charge in [-0.25, -0.2) is 0 Å². The lowest BCUT2D eigenvalue weighted by Crippen LogP contribution is -2.62. The topological polar surface area (TPSA) is 168 Å². The molecular formula is C29H35NO10. The van der Waals surface area contributed by atoms with Crippen LogP contribution in [0.4, 0.5) is 0 Å². The van der Waals surface area contributed by atoms with Crippen molar-refractivity contribution in [1.82, 2.24) is 5.32 Å². The monoisotopic (exact) mass is 557 g/mol. The van der Waals surface area contributed by atoms with Gasteiger partial charge < -0.3 is 44.4 Å². The molecule has 1 aliphatic rings. The van der Waals surface area contributed by atoms with Gasteiger partial charge in [-0.1, -0.05) is 26.2 Å². The number of hydrogen-bond acceptors (Lipinski definition) is 10. The fraction of sp³-hybridized carbons (Fsp3) is 0.448. The number of aliphatic hydroxyl groups excluding tert-OH is 3. The summed E-state index contributed by atoms with van der Waals surface area (Å²) >= 11 is 0. The number of amides is 1. The number of aromatic hydroxyl groups is 1. The number of rotatable bonds is 10. The van der Waals surface area contributed by atoms with Gasteiger partial charge in [0.1, 0.15) is 52.3 Å². The van der Waals surface area contributed by atoms with Crippen LogP contribution in [-0.2, 0) is 9.53 Å². The maximum absolute atomic E-state index is 12.9. The number of ether oxygens (including phenoxy) is 3. The van der Waals surface area contributed by atoms with Crippen LogP contribution in [0, 0.1) is 6.92 Å². The van der Waals surface area contributed by atoms with Crippen LogP contribution in [0.5, 0.6) is 17.2 Å². The Morgan fingerprint density at radius 3 is 2.42 bits per heavy atom. The zero-order chi connectivity index (χ0) is 29.0. The highest BCUT2D eigenvalue weighted by Crippen LogP contribution is 2.37. The minimum absolute atomic E-state index is 0.00340. The predicted molar refractivity (Wildman–Crippen MR) is 145 cm³/mol. The number of phenols is 1. The van der Waals surface area contributed by atoms with Gasteiger partial charge in [0.2, 0.25) is 6.29 Å². The number of nitrogens with one attached hydrogen (secondary N) is 1. The van der Waals surface area contributed by atoms with Crippen LogP contribution in [0.2, 0.25) is 0 Å². The molecular weight excluding hydrogens is 522 g/mol. The molecule has 1 aliphatic heterocycles. The molecule has 0 aliphatic carbocycles. The van der Waals surface area contributed by atoms with E-state index in [1.807, 2.05) is 0 Å². The van der Waals surface area contributed by atoms with Gasteiger partial charge in [0.05, 0.1) is 7.11 Å². The van der Waals surface area contributed by atoms with E-state index in [1.165, 1.54) is 26.2 Å². The molecule has 11 nitrogen and oxygen atoms in total. The highest BCUT2D eigenvalue weighted by molar-refractivity contribution is 5.88.